The first-order valence-electron chi connectivity index (χ1n) is 6.05. The highest BCUT2D eigenvalue weighted by atomic mass is 16.4. The van der Waals surface area contributed by atoms with Crippen molar-refractivity contribution in [3.05, 3.63) is 35.4 Å². The number of carboxylic acids is 1. The van der Waals surface area contributed by atoms with Gasteiger partial charge in [0.25, 0.3) is 0 Å². The van der Waals surface area contributed by atoms with Crippen LogP contribution in [0.5, 0.6) is 0 Å². The molecule has 0 heterocycles. The van der Waals surface area contributed by atoms with E-state index >= 15 is 0 Å². The fourth-order valence-electron chi connectivity index (χ4n) is 1.64. The van der Waals surface area contributed by atoms with Gasteiger partial charge in [-0.3, -0.25) is 4.79 Å². The van der Waals surface area contributed by atoms with Crippen molar-refractivity contribution < 1.29 is 9.90 Å². The van der Waals surface area contributed by atoms with Crippen LogP contribution >= 0.6 is 0 Å². The highest BCUT2D eigenvalue weighted by molar-refractivity contribution is 5.73. The minimum Gasteiger partial charge on any atom is -0.480 e. The van der Waals surface area contributed by atoms with E-state index in [1.54, 1.807) is 0 Å². The third kappa shape index (κ3) is 5.00. The lowest BCUT2D eigenvalue weighted by Gasteiger charge is -2.08. The van der Waals surface area contributed by atoms with Crippen LogP contribution in [0.15, 0.2) is 24.3 Å². The van der Waals surface area contributed by atoms with E-state index < -0.39 is 12.0 Å². The zero-order chi connectivity index (χ0) is 12.8. The molecular weight excluding hydrogens is 214 g/mol. The first kappa shape index (κ1) is 13.7. The normalized spacial score (nSPS) is 12.7. The van der Waals surface area contributed by atoms with Crippen molar-refractivity contribution in [3.63, 3.8) is 0 Å². The quantitative estimate of drug-likeness (QED) is 0.794. The van der Waals surface area contributed by atoms with Gasteiger partial charge in [-0.05, 0) is 36.3 Å². The van der Waals surface area contributed by atoms with Gasteiger partial charge in [-0.25, -0.2) is 0 Å². The van der Waals surface area contributed by atoms with E-state index in [-0.39, 0.29) is 0 Å². The van der Waals surface area contributed by atoms with Gasteiger partial charge in [-0.2, -0.15) is 0 Å². The van der Waals surface area contributed by atoms with Gasteiger partial charge in [0.2, 0.25) is 0 Å². The van der Waals surface area contributed by atoms with E-state index in [9.17, 15) is 4.79 Å². The van der Waals surface area contributed by atoms with Crippen LogP contribution in [0.3, 0.4) is 0 Å². The molecule has 0 saturated heterocycles. The largest absolute Gasteiger partial charge is 0.480 e. The van der Waals surface area contributed by atoms with E-state index in [4.69, 9.17) is 10.8 Å². The van der Waals surface area contributed by atoms with Crippen molar-refractivity contribution in [3.8, 4) is 0 Å². The summed E-state index contributed by atoms with van der Waals surface area (Å²) >= 11 is 0. The molecule has 3 heteroatoms. The molecule has 0 aromatic heterocycles. The van der Waals surface area contributed by atoms with Crippen molar-refractivity contribution in [2.75, 3.05) is 0 Å². The number of rotatable bonds is 6. The SMILES string of the molecule is CC(C)CCc1ccc(CC(N)C(=O)O)cc1. The third-order valence-electron chi connectivity index (χ3n) is 2.81. The lowest BCUT2D eigenvalue weighted by molar-refractivity contribution is -0.138. The third-order valence-corrected chi connectivity index (χ3v) is 2.81. The lowest BCUT2D eigenvalue weighted by Crippen LogP contribution is -2.32. The maximum absolute atomic E-state index is 10.6. The summed E-state index contributed by atoms with van der Waals surface area (Å²) in [6.45, 7) is 4.42. The Bertz CT molecular complexity index is 357. The zero-order valence-electron chi connectivity index (χ0n) is 10.5. The Morgan fingerprint density at radius 1 is 1.24 bits per heavy atom. The molecule has 0 radical (unpaired) electrons. The highest BCUT2D eigenvalue weighted by Gasteiger charge is 2.11. The standard InChI is InChI=1S/C14H21NO2/c1-10(2)3-4-11-5-7-12(8-6-11)9-13(15)14(16)17/h5-8,10,13H,3-4,9,15H2,1-2H3,(H,16,17). The Hall–Kier alpha value is -1.35. The second-order valence-electron chi connectivity index (χ2n) is 4.90. The minimum atomic E-state index is -0.950. The summed E-state index contributed by atoms with van der Waals surface area (Å²) in [7, 11) is 0. The fourth-order valence-corrected chi connectivity index (χ4v) is 1.64. The van der Waals surface area contributed by atoms with Crippen LogP contribution in [-0.2, 0) is 17.6 Å². The summed E-state index contributed by atoms with van der Waals surface area (Å²) in [5.74, 6) is -0.246. The van der Waals surface area contributed by atoms with Crippen LogP contribution in [0.25, 0.3) is 0 Å². The first-order valence-corrected chi connectivity index (χ1v) is 6.05. The van der Waals surface area contributed by atoms with Crippen molar-refractivity contribution >= 4 is 5.97 Å². The average Bonchev–Trinajstić information content (AvgIpc) is 2.28. The molecule has 3 N–H and O–H groups in total. The summed E-state index contributed by atoms with van der Waals surface area (Å²) in [4.78, 5) is 10.6. The van der Waals surface area contributed by atoms with Crippen molar-refractivity contribution in [1.29, 1.82) is 0 Å². The number of carbonyl (C=O) groups is 1. The number of hydrogen-bond donors (Lipinski definition) is 2. The molecule has 0 amide bonds. The van der Waals surface area contributed by atoms with Crippen molar-refractivity contribution in [2.45, 2.75) is 39.2 Å². The lowest BCUT2D eigenvalue weighted by atomic mass is 10.00. The average molecular weight is 235 g/mol. The number of carboxylic acid groups (broad SMARTS) is 1. The van der Waals surface area contributed by atoms with Crippen molar-refractivity contribution in [1.82, 2.24) is 0 Å². The zero-order valence-corrected chi connectivity index (χ0v) is 10.5. The van der Waals surface area contributed by atoms with Gasteiger partial charge in [-0.15, -0.1) is 0 Å². The molecular formula is C14H21NO2. The number of aryl methyl sites for hydroxylation is 1. The van der Waals surface area contributed by atoms with Gasteiger partial charge in [0.1, 0.15) is 6.04 Å². The summed E-state index contributed by atoms with van der Waals surface area (Å²) in [6.07, 6.45) is 2.64. The molecule has 1 aromatic carbocycles. The molecule has 3 nitrogen and oxygen atoms in total. The van der Waals surface area contributed by atoms with Crippen LogP contribution in [0, 0.1) is 5.92 Å². The molecule has 1 aromatic rings. The van der Waals surface area contributed by atoms with E-state index in [1.807, 2.05) is 12.1 Å². The van der Waals surface area contributed by atoms with Gasteiger partial charge in [0, 0.05) is 0 Å². The van der Waals surface area contributed by atoms with Gasteiger partial charge in [0.15, 0.2) is 0 Å². The van der Waals surface area contributed by atoms with Gasteiger partial charge < -0.3 is 10.8 Å². The second-order valence-corrected chi connectivity index (χ2v) is 4.90. The maximum Gasteiger partial charge on any atom is 0.320 e. The fraction of sp³-hybridized carbons (Fsp3) is 0.500. The maximum atomic E-state index is 10.6. The summed E-state index contributed by atoms with van der Waals surface area (Å²) in [6, 6.07) is 7.26. The molecule has 17 heavy (non-hydrogen) atoms. The predicted molar refractivity (Wildman–Crippen MR) is 68.9 cm³/mol. The highest BCUT2D eigenvalue weighted by Crippen LogP contribution is 2.11. The van der Waals surface area contributed by atoms with E-state index in [1.165, 1.54) is 12.0 Å². The molecule has 1 rings (SSSR count). The number of aliphatic carboxylic acids is 1. The summed E-state index contributed by atoms with van der Waals surface area (Å²) < 4.78 is 0. The van der Waals surface area contributed by atoms with Crippen LogP contribution < -0.4 is 5.73 Å². The molecule has 1 unspecified atom stereocenters. The van der Waals surface area contributed by atoms with E-state index in [0.717, 1.165) is 12.0 Å². The van der Waals surface area contributed by atoms with Gasteiger partial charge in [0.05, 0.1) is 0 Å². The summed E-state index contributed by atoms with van der Waals surface area (Å²) in [5.41, 5.74) is 7.76. The van der Waals surface area contributed by atoms with E-state index in [2.05, 4.69) is 26.0 Å². The Morgan fingerprint density at radius 3 is 2.24 bits per heavy atom. The molecule has 94 valence electrons. The molecule has 1 atom stereocenters. The Kier molecular flexibility index (Phi) is 5.16. The Labute approximate surface area is 103 Å². The van der Waals surface area contributed by atoms with Crippen molar-refractivity contribution in [2.24, 2.45) is 11.7 Å². The van der Waals surface area contributed by atoms with Crippen LogP contribution in [-0.4, -0.2) is 17.1 Å². The molecule has 0 spiro atoms. The Morgan fingerprint density at radius 2 is 1.76 bits per heavy atom. The van der Waals surface area contributed by atoms with Crippen LogP contribution in [0.2, 0.25) is 0 Å². The molecule has 0 saturated carbocycles. The molecule has 0 aliphatic carbocycles. The molecule has 0 aliphatic heterocycles. The number of nitrogens with two attached hydrogens (primary N) is 1. The van der Waals surface area contributed by atoms with Crippen LogP contribution in [0.1, 0.15) is 31.4 Å². The van der Waals surface area contributed by atoms with Crippen LogP contribution in [0.4, 0.5) is 0 Å². The molecule has 0 bridgehead atoms. The first-order chi connectivity index (χ1) is 7.99. The monoisotopic (exact) mass is 235 g/mol. The number of benzene rings is 1. The number of hydrogen-bond acceptors (Lipinski definition) is 2. The molecule has 0 aliphatic rings. The Balaban J connectivity index is 2.53. The second kappa shape index (κ2) is 6.40. The van der Waals surface area contributed by atoms with E-state index in [0.29, 0.717) is 12.3 Å². The van der Waals surface area contributed by atoms with Gasteiger partial charge >= 0.3 is 5.97 Å². The van der Waals surface area contributed by atoms with Gasteiger partial charge in [-0.1, -0.05) is 38.1 Å². The summed E-state index contributed by atoms with van der Waals surface area (Å²) in [5, 5.41) is 8.72. The molecule has 0 fully saturated rings. The minimum absolute atomic E-state index is 0.389. The smallest absolute Gasteiger partial charge is 0.320 e. The topological polar surface area (TPSA) is 63.3 Å². The predicted octanol–water partition coefficient (Wildman–Crippen LogP) is 2.23.